The van der Waals surface area contributed by atoms with Crippen LogP contribution in [0.2, 0.25) is 0 Å². The van der Waals surface area contributed by atoms with Gasteiger partial charge in [0.1, 0.15) is 0 Å². The van der Waals surface area contributed by atoms with Gasteiger partial charge in [-0.2, -0.15) is 0 Å². The van der Waals surface area contributed by atoms with Crippen molar-refractivity contribution >= 4 is 23.2 Å². The van der Waals surface area contributed by atoms with Crippen LogP contribution in [0.25, 0.3) is 0 Å². The number of rotatable bonds is 0. The van der Waals surface area contributed by atoms with Gasteiger partial charge < -0.3 is 0 Å². The van der Waals surface area contributed by atoms with Gasteiger partial charge in [0.2, 0.25) is 0 Å². The zero-order chi connectivity index (χ0) is 6.91. The van der Waals surface area contributed by atoms with Gasteiger partial charge in [-0.1, -0.05) is 23.8 Å². The summed E-state index contributed by atoms with van der Waals surface area (Å²) in [6, 6.07) is 0. The Hall–Kier alpha value is 0.0600. The third-order valence-electron chi connectivity index (χ3n) is 1.18. The summed E-state index contributed by atoms with van der Waals surface area (Å²) in [7, 11) is 0. The van der Waals surface area contributed by atoms with E-state index in [1.54, 1.807) is 12.2 Å². The lowest BCUT2D eigenvalue weighted by atomic mass is 10.0. The number of hydrogen-bond donors (Lipinski definition) is 0. The van der Waals surface area contributed by atoms with E-state index in [1.165, 1.54) is 0 Å². The van der Waals surface area contributed by atoms with Crippen LogP contribution in [-0.2, 0) is 0 Å². The van der Waals surface area contributed by atoms with Crippen LogP contribution in [0.3, 0.4) is 0 Å². The second-order valence-electron chi connectivity index (χ2n) is 2.16. The molecule has 0 aromatic heterocycles. The van der Waals surface area contributed by atoms with E-state index >= 15 is 0 Å². The molecule has 1 radical (unpaired) electrons. The summed E-state index contributed by atoms with van der Waals surface area (Å²) in [5.74, 6) is 0. The first-order chi connectivity index (χ1) is 4.10. The lowest BCUT2D eigenvalue weighted by molar-refractivity contribution is 0.861. The average molecular weight is 162 g/mol. The van der Waals surface area contributed by atoms with Crippen molar-refractivity contribution in [3.63, 3.8) is 0 Å². The minimum Gasteiger partial charge on any atom is -0.114 e. The molecule has 0 spiro atoms. The normalized spacial score (nSPS) is 34.3. The van der Waals surface area contributed by atoms with E-state index in [1.807, 2.05) is 6.08 Å². The molecule has 0 aromatic carbocycles. The van der Waals surface area contributed by atoms with Crippen LogP contribution >= 0.6 is 23.2 Å². The highest BCUT2D eigenvalue weighted by Gasteiger charge is 2.17. The van der Waals surface area contributed by atoms with E-state index < -0.39 is 4.87 Å². The van der Waals surface area contributed by atoms with E-state index in [0.717, 1.165) is 5.03 Å². The van der Waals surface area contributed by atoms with Crippen molar-refractivity contribution in [1.82, 2.24) is 0 Å². The molecule has 0 amide bonds. The molecule has 0 aromatic rings. The topological polar surface area (TPSA) is 0 Å². The van der Waals surface area contributed by atoms with Gasteiger partial charge in [0.05, 0.1) is 4.87 Å². The van der Waals surface area contributed by atoms with Gasteiger partial charge in [0.15, 0.2) is 0 Å². The van der Waals surface area contributed by atoms with Gasteiger partial charge in [0.25, 0.3) is 0 Å². The molecule has 0 nitrogen and oxygen atoms in total. The van der Waals surface area contributed by atoms with Crippen LogP contribution in [0.1, 0.15) is 6.42 Å². The second kappa shape index (κ2) is 2.36. The number of hydrogen-bond acceptors (Lipinski definition) is 0. The maximum atomic E-state index is 5.84. The monoisotopic (exact) mass is 161 g/mol. The second-order valence-corrected chi connectivity index (χ2v) is 3.35. The summed E-state index contributed by atoms with van der Waals surface area (Å²) in [6.45, 7) is 3.74. The van der Waals surface area contributed by atoms with Gasteiger partial charge in [-0.25, -0.2) is 0 Å². The first kappa shape index (κ1) is 7.17. The van der Waals surface area contributed by atoms with Gasteiger partial charge in [-0.15, -0.1) is 11.6 Å². The zero-order valence-corrected chi connectivity index (χ0v) is 6.41. The van der Waals surface area contributed by atoms with Crippen molar-refractivity contribution in [3.05, 3.63) is 30.2 Å². The maximum Gasteiger partial charge on any atom is 0.0665 e. The first-order valence-corrected chi connectivity index (χ1v) is 3.45. The minimum atomic E-state index is -0.460. The molecule has 49 valence electrons. The minimum absolute atomic E-state index is 0.460. The summed E-state index contributed by atoms with van der Waals surface area (Å²) in [5, 5.41) is 0.745. The first-order valence-electron chi connectivity index (χ1n) is 2.69. The van der Waals surface area contributed by atoms with Crippen LogP contribution < -0.4 is 0 Å². The van der Waals surface area contributed by atoms with Crippen LogP contribution in [0.4, 0.5) is 0 Å². The highest BCUT2D eigenvalue weighted by Crippen LogP contribution is 2.27. The van der Waals surface area contributed by atoms with Gasteiger partial charge in [-0.3, -0.25) is 0 Å². The molecule has 1 rings (SSSR count). The third-order valence-corrected chi connectivity index (χ3v) is 1.74. The van der Waals surface area contributed by atoms with Crippen molar-refractivity contribution in [3.8, 4) is 0 Å². The third kappa shape index (κ3) is 2.04. The molecule has 2 heteroatoms. The fourth-order valence-electron chi connectivity index (χ4n) is 0.632. The SMILES string of the molecule is [CH2]C1(Cl)C=CC(Cl)=CC1. The van der Waals surface area contributed by atoms with Crippen LogP contribution in [0.5, 0.6) is 0 Å². The molecule has 1 aliphatic carbocycles. The highest BCUT2D eigenvalue weighted by molar-refractivity contribution is 6.32. The number of halogens is 2. The Morgan fingerprint density at radius 1 is 1.67 bits per heavy atom. The van der Waals surface area contributed by atoms with Gasteiger partial charge >= 0.3 is 0 Å². The predicted molar refractivity (Wildman–Crippen MR) is 41.6 cm³/mol. The van der Waals surface area contributed by atoms with E-state index in [2.05, 4.69) is 6.92 Å². The lowest BCUT2D eigenvalue weighted by Gasteiger charge is -2.17. The largest absolute Gasteiger partial charge is 0.114 e. The van der Waals surface area contributed by atoms with Crippen LogP contribution in [0.15, 0.2) is 23.3 Å². The molecule has 0 saturated carbocycles. The summed E-state index contributed by atoms with van der Waals surface area (Å²) < 4.78 is 0. The summed E-state index contributed by atoms with van der Waals surface area (Å²) >= 11 is 11.5. The van der Waals surface area contributed by atoms with Crippen molar-refractivity contribution in [2.45, 2.75) is 11.3 Å². The van der Waals surface area contributed by atoms with Gasteiger partial charge in [-0.05, 0) is 19.4 Å². The summed E-state index contributed by atoms with van der Waals surface area (Å²) in [6.07, 6.45) is 6.15. The average Bonchev–Trinajstić information content (AvgIpc) is 1.78. The van der Waals surface area contributed by atoms with E-state index in [0.29, 0.717) is 6.42 Å². The smallest absolute Gasteiger partial charge is 0.0665 e. The van der Waals surface area contributed by atoms with Crippen molar-refractivity contribution in [2.75, 3.05) is 0 Å². The van der Waals surface area contributed by atoms with E-state index in [4.69, 9.17) is 23.2 Å². The maximum absolute atomic E-state index is 5.84. The Bertz CT molecular complexity index is 166. The van der Waals surface area contributed by atoms with Crippen molar-refractivity contribution < 1.29 is 0 Å². The molecule has 1 atom stereocenters. The Balaban J connectivity index is 2.70. The Morgan fingerprint density at radius 2 is 2.33 bits per heavy atom. The van der Waals surface area contributed by atoms with Crippen molar-refractivity contribution in [1.29, 1.82) is 0 Å². The Kier molecular flexibility index (Phi) is 1.88. The van der Waals surface area contributed by atoms with E-state index in [-0.39, 0.29) is 0 Å². The highest BCUT2D eigenvalue weighted by atomic mass is 35.5. The van der Waals surface area contributed by atoms with Gasteiger partial charge in [0, 0.05) is 5.03 Å². The predicted octanol–water partition coefficient (Wildman–Crippen LogP) is 2.88. The van der Waals surface area contributed by atoms with Crippen molar-refractivity contribution in [2.24, 2.45) is 0 Å². The quantitative estimate of drug-likeness (QED) is 0.480. The van der Waals surface area contributed by atoms with Crippen LogP contribution in [-0.4, -0.2) is 4.87 Å². The fraction of sp³-hybridized carbons (Fsp3) is 0.286. The molecule has 0 fully saturated rings. The number of allylic oxidation sites excluding steroid dienone is 4. The zero-order valence-electron chi connectivity index (χ0n) is 4.90. The molecule has 0 heterocycles. The fourth-order valence-corrected chi connectivity index (χ4v) is 0.913. The molecule has 0 saturated heterocycles. The van der Waals surface area contributed by atoms with E-state index in [9.17, 15) is 0 Å². The summed E-state index contributed by atoms with van der Waals surface area (Å²) in [4.78, 5) is -0.460. The molecular weight excluding hydrogens is 155 g/mol. The molecule has 9 heavy (non-hydrogen) atoms. The summed E-state index contributed by atoms with van der Waals surface area (Å²) in [5.41, 5.74) is 0. The molecule has 0 bridgehead atoms. The molecular formula is C7H7Cl2. The molecule has 1 aliphatic rings. The Morgan fingerprint density at radius 3 is 2.67 bits per heavy atom. The van der Waals surface area contributed by atoms with Crippen LogP contribution in [0, 0.1) is 6.92 Å². The molecule has 0 N–H and O–H groups in total. The Labute approximate surface area is 65.2 Å². The molecule has 0 aliphatic heterocycles. The number of alkyl halides is 1. The lowest BCUT2D eigenvalue weighted by Crippen LogP contribution is -2.13. The molecule has 1 unspecified atom stereocenters. The standard InChI is InChI=1S/C7H7Cl2/c1-7(9)4-2-6(8)3-5-7/h2-4H,1,5H2.